The zero-order valence-electron chi connectivity index (χ0n) is 18.5. The summed E-state index contributed by atoms with van der Waals surface area (Å²) in [5.74, 6) is -0.397. The van der Waals surface area contributed by atoms with Crippen molar-refractivity contribution >= 4 is 23.6 Å². The predicted octanol–water partition coefficient (Wildman–Crippen LogP) is 3.44. The summed E-state index contributed by atoms with van der Waals surface area (Å²) in [6, 6.07) is 16.2. The molecular weight excluding hydrogens is 394 g/mol. The highest BCUT2D eigenvalue weighted by atomic mass is 16.6. The van der Waals surface area contributed by atoms with Gasteiger partial charge in [-0.15, -0.1) is 0 Å². The maximum absolute atomic E-state index is 12.8. The molecule has 2 rings (SSSR count). The van der Waals surface area contributed by atoms with Gasteiger partial charge < -0.3 is 20.7 Å². The fraction of sp³-hybridized carbons (Fsp3) is 0.375. The fourth-order valence-corrected chi connectivity index (χ4v) is 2.92. The lowest BCUT2D eigenvalue weighted by molar-refractivity contribution is -0.123. The van der Waals surface area contributed by atoms with Crippen molar-refractivity contribution in [2.24, 2.45) is 0 Å². The number of amides is 3. The van der Waals surface area contributed by atoms with Gasteiger partial charge in [-0.05, 0) is 50.5 Å². The molecule has 0 heterocycles. The second-order valence-electron chi connectivity index (χ2n) is 8.31. The quantitative estimate of drug-likeness (QED) is 0.604. The molecule has 0 spiro atoms. The molecule has 0 aliphatic rings. The number of hydrogen-bond donors (Lipinski definition) is 3. The Morgan fingerprint density at radius 1 is 0.935 bits per heavy atom. The van der Waals surface area contributed by atoms with E-state index in [9.17, 15) is 14.4 Å². The van der Waals surface area contributed by atoms with Crippen LogP contribution in [0.15, 0.2) is 54.6 Å². The van der Waals surface area contributed by atoms with Crippen LogP contribution in [0.25, 0.3) is 0 Å². The minimum absolute atomic E-state index is 0.123. The zero-order chi connectivity index (χ0) is 22.9. The molecule has 166 valence electrons. The van der Waals surface area contributed by atoms with Gasteiger partial charge in [-0.25, -0.2) is 4.79 Å². The van der Waals surface area contributed by atoms with Crippen molar-refractivity contribution < 1.29 is 19.1 Å². The van der Waals surface area contributed by atoms with Gasteiger partial charge in [0.25, 0.3) is 0 Å². The van der Waals surface area contributed by atoms with Gasteiger partial charge in [0.1, 0.15) is 11.6 Å². The Morgan fingerprint density at radius 3 is 2.16 bits per heavy atom. The molecule has 0 unspecified atom stereocenters. The maximum atomic E-state index is 12.8. The summed E-state index contributed by atoms with van der Waals surface area (Å²) in [4.78, 5) is 36.1. The van der Waals surface area contributed by atoms with Crippen LogP contribution in [0, 0.1) is 0 Å². The number of carbonyl (C=O) groups is 3. The molecular formula is C24H31N3O4. The highest BCUT2D eigenvalue weighted by Crippen LogP contribution is 2.11. The fourth-order valence-electron chi connectivity index (χ4n) is 2.92. The summed E-state index contributed by atoms with van der Waals surface area (Å²) in [6.45, 7) is 7.20. The summed E-state index contributed by atoms with van der Waals surface area (Å²) in [7, 11) is 0. The van der Waals surface area contributed by atoms with E-state index in [1.807, 2.05) is 54.6 Å². The lowest BCUT2D eigenvalue weighted by atomic mass is 10.1. The summed E-state index contributed by atoms with van der Waals surface area (Å²) in [5.41, 5.74) is 2.03. The van der Waals surface area contributed by atoms with E-state index in [0.29, 0.717) is 19.4 Å². The van der Waals surface area contributed by atoms with E-state index >= 15 is 0 Å². The smallest absolute Gasteiger partial charge is 0.408 e. The lowest BCUT2D eigenvalue weighted by Crippen LogP contribution is -2.49. The second kappa shape index (κ2) is 11.2. The number of hydrogen-bond acceptors (Lipinski definition) is 4. The minimum atomic E-state index is -0.751. The third-order valence-corrected chi connectivity index (χ3v) is 4.28. The van der Waals surface area contributed by atoms with Crippen molar-refractivity contribution in [2.75, 3.05) is 11.9 Å². The van der Waals surface area contributed by atoms with Crippen LogP contribution in [-0.4, -0.2) is 36.1 Å². The van der Waals surface area contributed by atoms with Crippen LogP contribution in [0.4, 0.5) is 10.5 Å². The monoisotopic (exact) mass is 425 g/mol. The van der Waals surface area contributed by atoms with E-state index in [4.69, 9.17) is 4.74 Å². The Kier molecular flexibility index (Phi) is 8.61. The van der Waals surface area contributed by atoms with Crippen molar-refractivity contribution in [3.05, 3.63) is 65.7 Å². The molecule has 0 aromatic heterocycles. The Labute approximate surface area is 183 Å². The van der Waals surface area contributed by atoms with Crippen LogP contribution in [0.1, 0.15) is 38.8 Å². The second-order valence-corrected chi connectivity index (χ2v) is 8.31. The first-order valence-corrected chi connectivity index (χ1v) is 10.3. The molecule has 0 aliphatic carbocycles. The van der Waals surface area contributed by atoms with Gasteiger partial charge in [0.05, 0.1) is 0 Å². The van der Waals surface area contributed by atoms with Crippen LogP contribution >= 0.6 is 0 Å². The molecule has 0 radical (unpaired) electrons. The number of anilines is 1. The average molecular weight is 426 g/mol. The molecule has 7 heteroatoms. The van der Waals surface area contributed by atoms with Gasteiger partial charge in [0, 0.05) is 25.6 Å². The zero-order valence-corrected chi connectivity index (χ0v) is 18.5. The first-order chi connectivity index (χ1) is 14.6. The van der Waals surface area contributed by atoms with Gasteiger partial charge in [-0.3, -0.25) is 9.59 Å². The standard InChI is InChI=1S/C24H31N3O4/c1-17(28)26-20-12-10-18(11-13-20)14-15-25-22(29)21(16-19-8-6-5-7-9-19)27-23(30)31-24(2,3)4/h5-13,21H,14-16H2,1-4H3,(H,25,29)(H,26,28)(H,27,30)/t21-/m0/s1. The van der Waals surface area contributed by atoms with Crippen LogP contribution in [0.5, 0.6) is 0 Å². The SMILES string of the molecule is CC(=O)Nc1ccc(CCNC(=O)[C@H](Cc2ccccc2)NC(=O)OC(C)(C)C)cc1. The first kappa shape index (κ1) is 23.9. The van der Waals surface area contributed by atoms with Gasteiger partial charge in [0.15, 0.2) is 0 Å². The van der Waals surface area contributed by atoms with Gasteiger partial charge >= 0.3 is 6.09 Å². The predicted molar refractivity (Wildman–Crippen MR) is 121 cm³/mol. The summed E-state index contributed by atoms with van der Waals surface area (Å²) in [6.07, 6.45) is 0.352. The molecule has 3 N–H and O–H groups in total. The largest absolute Gasteiger partial charge is 0.444 e. The number of ether oxygens (including phenoxy) is 1. The Hall–Kier alpha value is -3.35. The number of nitrogens with one attached hydrogen (secondary N) is 3. The average Bonchev–Trinajstić information content (AvgIpc) is 2.67. The Morgan fingerprint density at radius 2 is 1.58 bits per heavy atom. The van der Waals surface area contributed by atoms with E-state index < -0.39 is 17.7 Å². The lowest BCUT2D eigenvalue weighted by Gasteiger charge is -2.23. The van der Waals surface area contributed by atoms with E-state index in [-0.39, 0.29) is 11.8 Å². The molecule has 7 nitrogen and oxygen atoms in total. The normalized spacial score (nSPS) is 11.9. The third-order valence-electron chi connectivity index (χ3n) is 4.28. The van der Waals surface area contributed by atoms with Crippen molar-refractivity contribution in [1.29, 1.82) is 0 Å². The number of benzene rings is 2. The highest BCUT2D eigenvalue weighted by Gasteiger charge is 2.24. The van der Waals surface area contributed by atoms with Crippen LogP contribution in [0.3, 0.4) is 0 Å². The van der Waals surface area contributed by atoms with Crippen molar-refractivity contribution in [2.45, 2.75) is 52.2 Å². The van der Waals surface area contributed by atoms with E-state index in [1.165, 1.54) is 6.92 Å². The van der Waals surface area contributed by atoms with Crippen molar-refractivity contribution in [3.8, 4) is 0 Å². The highest BCUT2D eigenvalue weighted by molar-refractivity contribution is 5.88. The van der Waals surface area contributed by atoms with Crippen LogP contribution < -0.4 is 16.0 Å². The van der Waals surface area contributed by atoms with Gasteiger partial charge in [0.2, 0.25) is 11.8 Å². The van der Waals surface area contributed by atoms with E-state index in [0.717, 1.165) is 16.8 Å². The van der Waals surface area contributed by atoms with Gasteiger partial charge in [-0.1, -0.05) is 42.5 Å². The summed E-state index contributed by atoms with van der Waals surface area (Å²) < 4.78 is 5.31. The maximum Gasteiger partial charge on any atom is 0.408 e. The molecule has 3 amide bonds. The summed E-state index contributed by atoms with van der Waals surface area (Å²) >= 11 is 0. The van der Waals surface area contributed by atoms with Crippen LogP contribution in [0.2, 0.25) is 0 Å². The molecule has 0 aliphatic heterocycles. The molecule has 0 fully saturated rings. The number of rotatable bonds is 8. The van der Waals surface area contributed by atoms with Crippen LogP contribution in [-0.2, 0) is 27.2 Å². The van der Waals surface area contributed by atoms with E-state index in [2.05, 4.69) is 16.0 Å². The topological polar surface area (TPSA) is 96.5 Å². The molecule has 2 aromatic carbocycles. The third kappa shape index (κ3) is 9.33. The molecule has 2 aromatic rings. The Bertz CT molecular complexity index is 874. The molecule has 31 heavy (non-hydrogen) atoms. The van der Waals surface area contributed by atoms with Crippen molar-refractivity contribution in [3.63, 3.8) is 0 Å². The van der Waals surface area contributed by atoms with E-state index in [1.54, 1.807) is 20.8 Å². The number of carbonyl (C=O) groups excluding carboxylic acids is 3. The minimum Gasteiger partial charge on any atom is -0.444 e. The molecule has 0 saturated heterocycles. The molecule has 0 bridgehead atoms. The molecule has 0 saturated carbocycles. The Balaban J connectivity index is 1.94. The number of alkyl carbamates (subject to hydrolysis) is 1. The first-order valence-electron chi connectivity index (χ1n) is 10.3. The van der Waals surface area contributed by atoms with Crippen molar-refractivity contribution in [1.82, 2.24) is 10.6 Å². The summed E-state index contributed by atoms with van der Waals surface area (Å²) in [5, 5.41) is 8.29. The molecule has 1 atom stereocenters. The van der Waals surface area contributed by atoms with Gasteiger partial charge in [-0.2, -0.15) is 0 Å².